The van der Waals surface area contributed by atoms with Crippen LogP contribution in [0.3, 0.4) is 0 Å². The van der Waals surface area contributed by atoms with E-state index in [1.54, 1.807) is 0 Å². The highest BCUT2D eigenvalue weighted by Gasteiger charge is 2.22. The van der Waals surface area contributed by atoms with Gasteiger partial charge >= 0.3 is 0 Å². The van der Waals surface area contributed by atoms with Crippen molar-refractivity contribution >= 4 is 5.91 Å². The first kappa shape index (κ1) is 12.8. The van der Waals surface area contributed by atoms with E-state index < -0.39 is 0 Å². The first-order chi connectivity index (χ1) is 8.25. The van der Waals surface area contributed by atoms with Crippen molar-refractivity contribution in [2.75, 3.05) is 52.9 Å². The van der Waals surface area contributed by atoms with Gasteiger partial charge in [-0.3, -0.25) is 4.79 Å². The lowest BCUT2D eigenvalue weighted by Crippen LogP contribution is -2.43. The standard InChI is InChI=1S/C12H23N3O2/c1-14-4-2-5-15(7-6-14)12(16)9-11-10-13-3-8-17-11/h11,13H,2-10H2,1H3. The predicted octanol–water partition coefficient (Wildman–Crippen LogP) is -0.471. The van der Waals surface area contributed by atoms with Crippen LogP contribution in [-0.4, -0.2) is 74.7 Å². The summed E-state index contributed by atoms with van der Waals surface area (Å²) in [6, 6.07) is 0. The fraction of sp³-hybridized carbons (Fsp3) is 0.917. The molecule has 0 saturated carbocycles. The van der Waals surface area contributed by atoms with Crippen molar-refractivity contribution in [1.29, 1.82) is 0 Å². The molecule has 0 aromatic heterocycles. The number of nitrogens with zero attached hydrogens (tertiary/aromatic N) is 2. The molecule has 2 aliphatic heterocycles. The van der Waals surface area contributed by atoms with Crippen molar-refractivity contribution in [3.63, 3.8) is 0 Å². The molecular formula is C12H23N3O2. The van der Waals surface area contributed by atoms with E-state index in [1.807, 2.05) is 4.90 Å². The summed E-state index contributed by atoms with van der Waals surface area (Å²) in [4.78, 5) is 16.4. The van der Waals surface area contributed by atoms with E-state index in [1.165, 1.54) is 0 Å². The maximum absolute atomic E-state index is 12.1. The third-order valence-corrected chi connectivity index (χ3v) is 3.48. The van der Waals surface area contributed by atoms with Gasteiger partial charge in [0.15, 0.2) is 0 Å². The summed E-state index contributed by atoms with van der Waals surface area (Å²) in [5.74, 6) is 0.244. The highest BCUT2D eigenvalue weighted by atomic mass is 16.5. The topological polar surface area (TPSA) is 44.8 Å². The van der Waals surface area contributed by atoms with Crippen LogP contribution in [0.2, 0.25) is 0 Å². The van der Waals surface area contributed by atoms with E-state index in [-0.39, 0.29) is 12.0 Å². The van der Waals surface area contributed by atoms with Gasteiger partial charge in [-0.2, -0.15) is 0 Å². The van der Waals surface area contributed by atoms with Crippen LogP contribution in [0.5, 0.6) is 0 Å². The van der Waals surface area contributed by atoms with E-state index in [0.29, 0.717) is 6.42 Å². The third kappa shape index (κ3) is 3.94. The van der Waals surface area contributed by atoms with Crippen LogP contribution in [0.1, 0.15) is 12.8 Å². The molecule has 5 heteroatoms. The van der Waals surface area contributed by atoms with Crippen molar-refractivity contribution in [1.82, 2.24) is 15.1 Å². The van der Waals surface area contributed by atoms with Gasteiger partial charge in [0.25, 0.3) is 0 Å². The molecule has 1 amide bonds. The fourth-order valence-corrected chi connectivity index (χ4v) is 2.37. The number of carbonyl (C=O) groups is 1. The lowest BCUT2D eigenvalue weighted by atomic mass is 10.2. The molecule has 2 aliphatic rings. The van der Waals surface area contributed by atoms with E-state index in [0.717, 1.165) is 52.3 Å². The summed E-state index contributed by atoms with van der Waals surface area (Å²) in [6.07, 6.45) is 1.67. The van der Waals surface area contributed by atoms with Crippen molar-refractivity contribution in [2.45, 2.75) is 18.9 Å². The molecule has 2 saturated heterocycles. The maximum atomic E-state index is 12.1. The molecule has 0 radical (unpaired) electrons. The smallest absolute Gasteiger partial charge is 0.225 e. The van der Waals surface area contributed by atoms with Crippen LogP contribution in [0, 0.1) is 0 Å². The molecule has 98 valence electrons. The summed E-state index contributed by atoms with van der Waals surface area (Å²) in [7, 11) is 2.11. The second kappa shape index (κ2) is 6.33. The van der Waals surface area contributed by atoms with Crippen LogP contribution in [0.25, 0.3) is 0 Å². The van der Waals surface area contributed by atoms with Gasteiger partial charge in [-0.1, -0.05) is 0 Å². The minimum absolute atomic E-state index is 0.0669. The summed E-state index contributed by atoms with van der Waals surface area (Å²) < 4.78 is 5.57. The Hall–Kier alpha value is -0.650. The molecule has 2 heterocycles. The molecule has 0 spiro atoms. The molecule has 1 unspecified atom stereocenters. The number of hydrogen-bond donors (Lipinski definition) is 1. The van der Waals surface area contributed by atoms with Crippen molar-refractivity contribution < 1.29 is 9.53 Å². The molecule has 1 N–H and O–H groups in total. The van der Waals surface area contributed by atoms with Gasteiger partial charge in [0, 0.05) is 32.7 Å². The minimum atomic E-state index is 0.0669. The van der Waals surface area contributed by atoms with Crippen LogP contribution in [0.4, 0.5) is 0 Å². The number of nitrogens with one attached hydrogen (secondary N) is 1. The van der Waals surface area contributed by atoms with Crippen molar-refractivity contribution in [3.8, 4) is 0 Å². The third-order valence-electron chi connectivity index (χ3n) is 3.48. The molecule has 0 aliphatic carbocycles. The van der Waals surface area contributed by atoms with Gasteiger partial charge in [-0.15, -0.1) is 0 Å². The Kier molecular flexibility index (Phi) is 4.76. The van der Waals surface area contributed by atoms with Gasteiger partial charge in [0.05, 0.1) is 19.1 Å². The first-order valence-corrected chi connectivity index (χ1v) is 6.54. The SMILES string of the molecule is CN1CCCN(C(=O)CC2CNCCO2)CC1. The average Bonchev–Trinajstić information content (AvgIpc) is 2.55. The highest BCUT2D eigenvalue weighted by Crippen LogP contribution is 2.08. The quantitative estimate of drug-likeness (QED) is 0.710. The summed E-state index contributed by atoms with van der Waals surface area (Å²) in [5.41, 5.74) is 0. The predicted molar refractivity (Wildman–Crippen MR) is 65.9 cm³/mol. The van der Waals surface area contributed by atoms with E-state index in [4.69, 9.17) is 4.74 Å². The van der Waals surface area contributed by atoms with Crippen LogP contribution >= 0.6 is 0 Å². The summed E-state index contributed by atoms with van der Waals surface area (Å²) >= 11 is 0. The minimum Gasteiger partial charge on any atom is -0.375 e. The molecule has 5 nitrogen and oxygen atoms in total. The number of amides is 1. The first-order valence-electron chi connectivity index (χ1n) is 6.54. The van der Waals surface area contributed by atoms with Gasteiger partial charge in [0.1, 0.15) is 0 Å². The molecule has 2 rings (SSSR count). The molecule has 0 bridgehead atoms. The van der Waals surface area contributed by atoms with Crippen LogP contribution < -0.4 is 5.32 Å². The van der Waals surface area contributed by atoms with E-state index in [2.05, 4.69) is 17.3 Å². The van der Waals surface area contributed by atoms with Crippen molar-refractivity contribution in [2.24, 2.45) is 0 Å². The Labute approximate surface area is 103 Å². The molecule has 0 aromatic carbocycles. The van der Waals surface area contributed by atoms with E-state index >= 15 is 0 Å². The summed E-state index contributed by atoms with van der Waals surface area (Å²) in [5, 5.41) is 3.26. The lowest BCUT2D eigenvalue weighted by molar-refractivity contribution is -0.134. The number of morpholine rings is 1. The molecule has 17 heavy (non-hydrogen) atoms. The Morgan fingerprint density at radius 3 is 3.00 bits per heavy atom. The Bertz CT molecular complexity index is 254. The normalized spacial score (nSPS) is 27.8. The molecule has 1 atom stereocenters. The number of hydrogen-bond acceptors (Lipinski definition) is 4. The lowest BCUT2D eigenvalue weighted by Gasteiger charge is -2.26. The Balaban J connectivity index is 1.77. The number of rotatable bonds is 2. The Morgan fingerprint density at radius 1 is 1.35 bits per heavy atom. The van der Waals surface area contributed by atoms with E-state index in [9.17, 15) is 4.79 Å². The highest BCUT2D eigenvalue weighted by molar-refractivity contribution is 5.76. The fourth-order valence-electron chi connectivity index (χ4n) is 2.37. The molecule has 0 aromatic rings. The average molecular weight is 241 g/mol. The number of ether oxygens (including phenoxy) is 1. The zero-order valence-corrected chi connectivity index (χ0v) is 10.7. The van der Waals surface area contributed by atoms with Gasteiger partial charge in [-0.05, 0) is 20.0 Å². The van der Waals surface area contributed by atoms with Crippen LogP contribution in [-0.2, 0) is 9.53 Å². The zero-order chi connectivity index (χ0) is 12.1. The number of likely N-dealkylation sites (N-methyl/N-ethyl adjacent to an activating group) is 1. The number of carbonyl (C=O) groups excluding carboxylic acids is 1. The molecular weight excluding hydrogens is 218 g/mol. The van der Waals surface area contributed by atoms with Crippen molar-refractivity contribution in [3.05, 3.63) is 0 Å². The largest absolute Gasteiger partial charge is 0.375 e. The zero-order valence-electron chi connectivity index (χ0n) is 10.7. The monoisotopic (exact) mass is 241 g/mol. The van der Waals surface area contributed by atoms with Crippen LogP contribution in [0.15, 0.2) is 0 Å². The second-order valence-electron chi connectivity index (χ2n) is 4.94. The maximum Gasteiger partial charge on any atom is 0.225 e. The second-order valence-corrected chi connectivity index (χ2v) is 4.94. The van der Waals surface area contributed by atoms with Gasteiger partial charge in [0.2, 0.25) is 5.91 Å². The van der Waals surface area contributed by atoms with Gasteiger partial charge in [-0.25, -0.2) is 0 Å². The summed E-state index contributed by atoms with van der Waals surface area (Å²) in [6.45, 7) is 6.25. The Morgan fingerprint density at radius 2 is 2.24 bits per heavy atom. The molecule has 2 fully saturated rings. The van der Waals surface area contributed by atoms with Gasteiger partial charge < -0.3 is 19.9 Å².